The van der Waals surface area contributed by atoms with Gasteiger partial charge in [-0.2, -0.15) is 0 Å². The number of imidazole rings is 1. The van der Waals surface area contributed by atoms with Crippen molar-refractivity contribution >= 4 is 0 Å². The highest BCUT2D eigenvalue weighted by Crippen LogP contribution is 2.08. The van der Waals surface area contributed by atoms with E-state index in [0.717, 1.165) is 12.3 Å². The van der Waals surface area contributed by atoms with E-state index in [2.05, 4.69) is 23.4 Å². The van der Waals surface area contributed by atoms with Gasteiger partial charge in [0.15, 0.2) is 0 Å². The van der Waals surface area contributed by atoms with Gasteiger partial charge in [-0.3, -0.25) is 0 Å². The van der Waals surface area contributed by atoms with Crippen molar-refractivity contribution < 1.29 is 0 Å². The molecule has 0 radical (unpaired) electrons. The first-order chi connectivity index (χ1) is 5.24. The van der Waals surface area contributed by atoms with Crippen molar-refractivity contribution in [3.8, 4) is 0 Å². The minimum atomic E-state index is 0.746. The van der Waals surface area contributed by atoms with E-state index in [0.29, 0.717) is 0 Å². The summed E-state index contributed by atoms with van der Waals surface area (Å²) in [5.74, 6) is 1.94. The van der Waals surface area contributed by atoms with E-state index in [1.54, 1.807) is 0 Å². The van der Waals surface area contributed by atoms with Crippen molar-refractivity contribution in [2.75, 3.05) is 0 Å². The monoisotopic (exact) mass is 152 g/mol. The molecule has 0 fully saturated rings. The smallest absolute Gasteiger partial charge is 0.108 e. The Balaban J connectivity index is 2.56. The van der Waals surface area contributed by atoms with Crippen molar-refractivity contribution in [1.82, 2.24) is 9.55 Å². The van der Waals surface area contributed by atoms with Crippen LogP contribution in [0.15, 0.2) is 12.4 Å². The Morgan fingerprint density at radius 2 is 2.36 bits per heavy atom. The van der Waals surface area contributed by atoms with Crippen molar-refractivity contribution in [1.29, 1.82) is 0 Å². The quantitative estimate of drug-likeness (QED) is 0.647. The fraction of sp³-hybridized carbons (Fsp3) is 0.667. The lowest BCUT2D eigenvalue weighted by atomic mass is 10.1. The highest BCUT2D eigenvalue weighted by atomic mass is 15.0. The third-order valence-corrected chi connectivity index (χ3v) is 2.15. The maximum absolute atomic E-state index is 4.27. The number of aryl methyl sites for hydroxylation is 1. The van der Waals surface area contributed by atoms with Crippen LogP contribution in [0.25, 0.3) is 0 Å². The van der Waals surface area contributed by atoms with Gasteiger partial charge in [-0.05, 0) is 5.92 Å². The van der Waals surface area contributed by atoms with Crippen molar-refractivity contribution in [3.63, 3.8) is 0 Å². The Morgan fingerprint density at radius 1 is 1.64 bits per heavy atom. The van der Waals surface area contributed by atoms with Gasteiger partial charge in [0.2, 0.25) is 0 Å². The SMILES string of the molecule is CCC(C)Cc1nccn1C. The average molecular weight is 152 g/mol. The van der Waals surface area contributed by atoms with Gasteiger partial charge < -0.3 is 4.57 Å². The lowest BCUT2D eigenvalue weighted by Gasteiger charge is -2.06. The van der Waals surface area contributed by atoms with Crippen LogP contribution in [0, 0.1) is 5.92 Å². The Kier molecular flexibility index (Phi) is 2.69. The first kappa shape index (κ1) is 8.31. The van der Waals surface area contributed by atoms with Crippen LogP contribution in [0.1, 0.15) is 26.1 Å². The first-order valence-electron chi connectivity index (χ1n) is 4.20. The Hall–Kier alpha value is -0.790. The van der Waals surface area contributed by atoms with Gasteiger partial charge in [-0.1, -0.05) is 20.3 Å². The predicted molar refractivity (Wildman–Crippen MR) is 46.4 cm³/mol. The number of hydrogen-bond donors (Lipinski definition) is 0. The fourth-order valence-electron chi connectivity index (χ4n) is 1.05. The molecule has 1 aromatic rings. The third-order valence-electron chi connectivity index (χ3n) is 2.15. The summed E-state index contributed by atoms with van der Waals surface area (Å²) < 4.78 is 2.09. The van der Waals surface area contributed by atoms with E-state index in [4.69, 9.17) is 0 Å². The van der Waals surface area contributed by atoms with E-state index in [1.165, 1.54) is 12.2 Å². The molecule has 0 saturated heterocycles. The summed E-state index contributed by atoms with van der Waals surface area (Å²) in [7, 11) is 2.05. The molecule has 1 unspecified atom stereocenters. The number of rotatable bonds is 3. The van der Waals surface area contributed by atoms with E-state index in [-0.39, 0.29) is 0 Å². The molecule has 1 heterocycles. The van der Waals surface area contributed by atoms with E-state index < -0.39 is 0 Å². The maximum Gasteiger partial charge on any atom is 0.108 e. The van der Waals surface area contributed by atoms with E-state index in [9.17, 15) is 0 Å². The Bertz CT molecular complexity index is 215. The van der Waals surface area contributed by atoms with Crippen molar-refractivity contribution in [3.05, 3.63) is 18.2 Å². The first-order valence-corrected chi connectivity index (χ1v) is 4.20. The van der Waals surface area contributed by atoms with Crippen LogP contribution in [0.3, 0.4) is 0 Å². The van der Waals surface area contributed by atoms with E-state index >= 15 is 0 Å². The molecular weight excluding hydrogens is 136 g/mol. The Labute approximate surface area is 68.3 Å². The molecule has 1 aromatic heterocycles. The van der Waals surface area contributed by atoms with Gasteiger partial charge in [0.05, 0.1) is 0 Å². The lowest BCUT2D eigenvalue weighted by Crippen LogP contribution is -2.04. The highest BCUT2D eigenvalue weighted by molar-refractivity contribution is 4.91. The summed E-state index contributed by atoms with van der Waals surface area (Å²) in [6.45, 7) is 4.47. The zero-order valence-corrected chi connectivity index (χ0v) is 7.54. The van der Waals surface area contributed by atoms with Gasteiger partial charge >= 0.3 is 0 Å². The summed E-state index contributed by atoms with van der Waals surface area (Å²) >= 11 is 0. The number of nitrogens with zero attached hydrogens (tertiary/aromatic N) is 2. The Morgan fingerprint density at radius 3 is 2.82 bits per heavy atom. The molecular formula is C9H16N2. The molecule has 11 heavy (non-hydrogen) atoms. The topological polar surface area (TPSA) is 17.8 Å². The number of hydrogen-bond acceptors (Lipinski definition) is 1. The van der Waals surface area contributed by atoms with Gasteiger partial charge in [-0.15, -0.1) is 0 Å². The molecule has 0 bridgehead atoms. The maximum atomic E-state index is 4.27. The van der Waals surface area contributed by atoms with Crippen LogP contribution in [0.4, 0.5) is 0 Å². The second-order valence-corrected chi connectivity index (χ2v) is 3.17. The molecule has 0 spiro atoms. The van der Waals surface area contributed by atoms with Gasteiger partial charge in [0, 0.05) is 25.9 Å². The molecule has 2 heteroatoms. The van der Waals surface area contributed by atoms with Crippen molar-refractivity contribution in [2.45, 2.75) is 26.7 Å². The minimum absolute atomic E-state index is 0.746. The molecule has 2 nitrogen and oxygen atoms in total. The van der Waals surface area contributed by atoms with Crippen LogP contribution in [0.2, 0.25) is 0 Å². The lowest BCUT2D eigenvalue weighted by molar-refractivity contribution is 0.533. The van der Waals surface area contributed by atoms with Crippen LogP contribution in [0.5, 0.6) is 0 Å². The zero-order valence-electron chi connectivity index (χ0n) is 7.54. The highest BCUT2D eigenvalue weighted by Gasteiger charge is 2.03. The van der Waals surface area contributed by atoms with Gasteiger partial charge in [0.25, 0.3) is 0 Å². The second-order valence-electron chi connectivity index (χ2n) is 3.17. The largest absolute Gasteiger partial charge is 0.338 e. The molecule has 0 saturated carbocycles. The fourth-order valence-corrected chi connectivity index (χ4v) is 1.05. The molecule has 0 aromatic carbocycles. The molecule has 0 amide bonds. The van der Waals surface area contributed by atoms with E-state index in [1.807, 2.05) is 19.4 Å². The standard InChI is InChI=1S/C9H16N2/c1-4-8(2)7-9-10-5-6-11(9)3/h5-6,8H,4,7H2,1-3H3. The normalized spacial score (nSPS) is 13.4. The van der Waals surface area contributed by atoms with Crippen LogP contribution in [-0.4, -0.2) is 9.55 Å². The summed E-state index contributed by atoms with van der Waals surface area (Å²) in [6.07, 6.45) is 6.18. The molecule has 1 atom stereocenters. The van der Waals surface area contributed by atoms with Crippen LogP contribution < -0.4 is 0 Å². The molecule has 0 aliphatic carbocycles. The number of aromatic nitrogens is 2. The third kappa shape index (κ3) is 2.07. The second kappa shape index (κ2) is 3.56. The average Bonchev–Trinajstić information content (AvgIpc) is 2.37. The zero-order chi connectivity index (χ0) is 8.27. The predicted octanol–water partition coefficient (Wildman–Crippen LogP) is 2.01. The molecule has 0 aliphatic rings. The molecule has 62 valence electrons. The molecule has 0 aliphatic heterocycles. The van der Waals surface area contributed by atoms with Crippen LogP contribution >= 0.6 is 0 Å². The van der Waals surface area contributed by atoms with Gasteiger partial charge in [-0.25, -0.2) is 4.98 Å². The summed E-state index contributed by atoms with van der Waals surface area (Å²) in [4.78, 5) is 4.27. The minimum Gasteiger partial charge on any atom is -0.338 e. The summed E-state index contributed by atoms with van der Waals surface area (Å²) in [5, 5.41) is 0. The molecule has 0 N–H and O–H groups in total. The van der Waals surface area contributed by atoms with Gasteiger partial charge in [0.1, 0.15) is 5.82 Å². The summed E-state index contributed by atoms with van der Waals surface area (Å²) in [6, 6.07) is 0. The summed E-state index contributed by atoms with van der Waals surface area (Å²) in [5.41, 5.74) is 0. The van der Waals surface area contributed by atoms with Crippen molar-refractivity contribution in [2.24, 2.45) is 13.0 Å². The van der Waals surface area contributed by atoms with Crippen LogP contribution in [-0.2, 0) is 13.5 Å². The molecule has 1 rings (SSSR count).